The Kier molecular flexibility index (Phi) is 26.2. The summed E-state index contributed by atoms with van der Waals surface area (Å²) in [7, 11) is 18.9. The van der Waals surface area contributed by atoms with Crippen molar-refractivity contribution in [2.45, 2.75) is 69.7 Å². The molecule has 0 saturated heterocycles. The molecule has 14 aromatic carbocycles. The third-order valence-electron chi connectivity index (χ3n) is 21.6. The Morgan fingerprint density at radius 3 is 0.425 bits per heavy atom. The molecule has 0 unspecified atom stereocenters. The van der Waals surface area contributed by atoms with Crippen LogP contribution in [-0.2, 0) is 69.7 Å². The summed E-state index contributed by atoms with van der Waals surface area (Å²) in [6.45, 7) is 0. The maximum Gasteiger partial charge on any atom is 0.164 e. The third-order valence-corrected chi connectivity index (χ3v) is 34.0. The van der Waals surface area contributed by atoms with Gasteiger partial charge in [0.1, 0.15) is 0 Å². The van der Waals surface area contributed by atoms with Crippen LogP contribution < -0.4 is 0 Å². The highest BCUT2D eigenvalue weighted by molar-refractivity contribution is 8.77. The number of rotatable bonds is 0. The molecule has 56 heterocycles. The zero-order valence-corrected chi connectivity index (χ0v) is 74.5. The van der Waals surface area contributed by atoms with Crippen LogP contribution in [0.3, 0.4) is 0 Å². The lowest BCUT2D eigenvalue weighted by Crippen LogP contribution is -2.00. The van der Waals surface area contributed by atoms with Gasteiger partial charge < -0.3 is 0 Å². The highest BCUT2D eigenvalue weighted by Crippen LogP contribution is 2.42. The molecule has 2 aromatic heterocycles. The number of aryl methyl sites for hydroxylation is 1. The predicted octanol–water partition coefficient (Wildman–Crippen LogP) is 30.9. The van der Waals surface area contributed by atoms with E-state index in [1.54, 1.807) is 0 Å². The van der Waals surface area contributed by atoms with Gasteiger partial charge in [-0.2, -0.15) is 11.8 Å². The summed E-state index contributed by atoms with van der Waals surface area (Å²) in [5.41, 5.74) is 36.5. The van der Waals surface area contributed by atoms with Crippen molar-refractivity contribution in [3.8, 4) is 135 Å². The fourth-order valence-corrected chi connectivity index (χ4v) is 26.2. The van der Waals surface area contributed by atoms with Crippen molar-refractivity contribution >= 4 is 120 Å². The van der Waals surface area contributed by atoms with E-state index in [0.717, 1.165) is 109 Å². The van der Waals surface area contributed by atoms with Crippen molar-refractivity contribution in [3.63, 3.8) is 0 Å². The van der Waals surface area contributed by atoms with E-state index in [-0.39, 0.29) is 0 Å². The monoisotopic (exact) mass is 1750 g/mol. The van der Waals surface area contributed by atoms with Gasteiger partial charge in [-0.3, -0.25) is 0 Å². The number of hydrogen-bond donors (Lipinski definition) is 0. The molecule has 120 heavy (non-hydrogen) atoms. The number of aromatic nitrogens is 6. The first-order chi connectivity index (χ1) is 59.3. The van der Waals surface area contributed by atoms with E-state index >= 15 is 0 Å². The van der Waals surface area contributed by atoms with Crippen molar-refractivity contribution in [3.05, 3.63) is 394 Å². The second-order valence-electron chi connectivity index (χ2n) is 30.0. The Morgan fingerprint density at radius 1 is 0.133 bits per heavy atom. The molecule has 6 nitrogen and oxygen atoms in total. The van der Waals surface area contributed by atoms with Crippen molar-refractivity contribution in [2.75, 3.05) is 5.75 Å². The van der Waals surface area contributed by atoms with Crippen LogP contribution in [0.1, 0.15) is 66.8 Å². The molecule has 70 rings (SSSR count). The molecule has 0 spiro atoms. The molecular formula is C103H80N6S11. The Bertz CT molecular complexity index is 4790. The standard InChI is InChI=1S/C55H44S5.C48H36N6S6/c1-13-44-14-2-38(1)25-26-56-33-39-3-15-45(16-4-39)51-29-54-32-55(30-51)49-23-11-43(12-24-49)37-60-58-35-41-7-19-47(20-8-41)53-28-50(44)27-52(31-53)46-17-5-40(6-18-46)34-57-59-36-42-9-21-48(54)22-10-42;1-13-37-14-2-31(1)25-55-56-26-32-3-19-40(20-4-32)46-52-47-41-21-9-35(10-22-41)29-59-57-27-33-5-15-38(16-6-33)44-49-43(37)50-45(51-44)39-17-7-34(8-18-39)28-58-60-30-36-11-23-42(24-12-36)48(53-46)54-47/h1-24,27-32H,25-26,33-37H2;1-24H,25-30H2. The van der Waals surface area contributed by atoms with E-state index in [2.05, 4.69) is 328 Å². The lowest BCUT2D eigenvalue weighted by molar-refractivity contribution is 1.07. The van der Waals surface area contributed by atoms with Crippen LogP contribution in [-0.4, -0.2) is 35.7 Å². The van der Waals surface area contributed by atoms with Gasteiger partial charge in [0, 0.05) is 96.7 Å². The van der Waals surface area contributed by atoms with Crippen LogP contribution in [0.5, 0.6) is 0 Å². The van der Waals surface area contributed by atoms with Gasteiger partial charge in [-0.05, 0) is 182 Å². The highest BCUT2D eigenvalue weighted by atomic mass is 33.1. The first kappa shape index (κ1) is 80.7. The van der Waals surface area contributed by atoms with Crippen molar-refractivity contribution < 1.29 is 0 Å². The predicted molar refractivity (Wildman–Crippen MR) is 531 cm³/mol. The molecule has 0 fully saturated rings. The van der Waals surface area contributed by atoms with E-state index < -0.39 is 0 Å². The van der Waals surface area contributed by atoms with Crippen LogP contribution >= 0.6 is 120 Å². The molecule has 54 aliphatic rings. The van der Waals surface area contributed by atoms with Gasteiger partial charge in [0.05, 0.1) is 0 Å². The van der Waals surface area contributed by atoms with E-state index in [9.17, 15) is 0 Å². The molecule has 36 bridgehead atoms. The van der Waals surface area contributed by atoms with Crippen LogP contribution in [0, 0.1) is 0 Å². The molecule has 17 heteroatoms. The number of thioether (sulfide) groups is 1. The molecule has 54 aliphatic heterocycles. The van der Waals surface area contributed by atoms with E-state index in [0.29, 0.717) is 34.9 Å². The third kappa shape index (κ3) is 20.5. The van der Waals surface area contributed by atoms with Crippen molar-refractivity contribution in [1.29, 1.82) is 0 Å². The summed E-state index contributed by atoms with van der Waals surface area (Å²) in [6.07, 6.45) is 1.05. The van der Waals surface area contributed by atoms with Gasteiger partial charge in [0.2, 0.25) is 0 Å². The summed E-state index contributed by atoms with van der Waals surface area (Å²) in [5.74, 6) is 15.3. The Labute approximate surface area is 747 Å². The zero-order chi connectivity index (χ0) is 80.2. The first-order valence-electron chi connectivity index (χ1n) is 40.0. The quantitative estimate of drug-likeness (QED) is 0.135. The van der Waals surface area contributed by atoms with E-state index in [1.807, 2.05) is 120 Å². The normalized spacial score (nSPS) is 14.2. The fourth-order valence-electron chi connectivity index (χ4n) is 14.6. The minimum absolute atomic E-state index is 0.670. The number of benzene rings is 14. The van der Waals surface area contributed by atoms with E-state index in [4.69, 9.17) is 29.9 Å². The van der Waals surface area contributed by atoms with E-state index in [1.165, 1.54) is 134 Å². The van der Waals surface area contributed by atoms with Crippen LogP contribution in [0.15, 0.2) is 328 Å². The SMILES string of the molecule is c1cc2ccc1CCSCc1ccc(cc1)-c1cc3cc(c1)-c1ccc(cc1)CSSCc1ccc(cc1)-c1cc-2cc(c1)-c1ccc(cc1)CSSCc1ccc-3cc1.c1cc2ccc1CSSCc1ccc(cc1)-c1nc3nc(n1)-c1ccc(cc1)CSSCc1ccc(cc1)-c1nc-2nc(n1)-c1ccc(cc1)CSSCc1ccc-3cc1. The van der Waals surface area contributed by atoms with Gasteiger partial charge in [-0.15, -0.1) is 0 Å². The highest BCUT2D eigenvalue weighted by Gasteiger charge is 2.19. The second kappa shape index (κ2) is 39.0. The average molecular weight is 1750 g/mol. The van der Waals surface area contributed by atoms with Crippen molar-refractivity contribution in [2.24, 2.45) is 0 Å². The smallest absolute Gasteiger partial charge is 0.164 e. The summed E-state index contributed by atoms with van der Waals surface area (Å²) in [6, 6.07) is 122. The minimum Gasteiger partial charge on any atom is -0.208 e. The number of nitrogens with zero attached hydrogens (tertiary/aromatic N) is 6. The van der Waals surface area contributed by atoms with Crippen LogP contribution in [0.2, 0.25) is 0 Å². The summed E-state index contributed by atoms with van der Waals surface area (Å²) in [5, 5.41) is 0. The van der Waals surface area contributed by atoms with Gasteiger partial charge in [0.25, 0.3) is 0 Å². The Hall–Kier alpha value is -9.05. The molecule has 0 saturated carbocycles. The van der Waals surface area contributed by atoms with Gasteiger partial charge in [-0.1, -0.05) is 399 Å². The maximum atomic E-state index is 5.04. The van der Waals surface area contributed by atoms with Gasteiger partial charge in [0.15, 0.2) is 34.9 Å². The summed E-state index contributed by atoms with van der Waals surface area (Å²) < 4.78 is 0. The largest absolute Gasteiger partial charge is 0.208 e. The lowest BCUT2D eigenvalue weighted by Gasteiger charge is -2.13. The summed E-state index contributed by atoms with van der Waals surface area (Å²) in [4.78, 5) is 30.3. The average Bonchev–Trinajstić information content (AvgIpc) is 0.811. The molecule has 0 N–H and O–H groups in total. The number of hydrogen-bond acceptors (Lipinski definition) is 17. The topological polar surface area (TPSA) is 77.3 Å². The Morgan fingerprint density at radius 2 is 0.267 bits per heavy atom. The fraction of sp³-hybridized carbons (Fsp3) is 0.126. The molecule has 0 amide bonds. The lowest BCUT2D eigenvalue weighted by atomic mass is 9.92. The molecule has 16 aromatic rings. The molecule has 0 radical (unpaired) electrons. The molecule has 588 valence electrons. The summed E-state index contributed by atoms with van der Waals surface area (Å²) >= 11 is 2.02. The molecule has 0 aliphatic carbocycles. The van der Waals surface area contributed by atoms with Crippen LogP contribution in [0.4, 0.5) is 0 Å². The van der Waals surface area contributed by atoms with Gasteiger partial charge in [-0.25, -0.2) is 29.9 Å². The van der Waals surface area contributed by atoms with Crippen LogP contribution in [0.25, 0.3) is 135 Å². The maximum absolute atomic E-state index is 5.04. The van der Waals surface area contributed by atoms with Gasteiger partial charge >= 0.3 is 0 Å². The molecule has 0 atom stereocenters. The second-order valence-corrected chi connectivity index (χ2v) is 43.4. The molecular weight excluding hydrogens is 1670 g/mol. The van der Waals surface area contributed by atoms with Crippen molar-refractivity contribution in [1.82, 2.24) is 29.9 Å². The zero-order valence-electron chi connectivity index (χ0n) is 65.5. The first-order valence-corrected chi connectivity index (χ1v) is 53.6. The minimum atomic E-state index is 0.670. The Balaban J connectivity index is 0.000000159.